The fourth-order valence-corrected chi connectivity index (χ4v) is 3.74. The quantitative estimate of drug-likeness (QED) is 0.772. The normalized spacial score (nSPS) is 15.5. The molecule has 0 bridgehead atoms. The van der Waals surface area contributed by atoms with Gasteiger partial charge in [-0.1, -0.05) is 11.8 Å². The second kappa shape index (κ2) is 8.41. The molecule has 3 rings (SSSR count). The Morgan fingerprint density at radius 1 is 1.29 bits per heavy atom. The van der Waals surface area contributed by atoms with Gasteiger partial charge < -0.3 is 10.2 Å². The Morgan fingerprint density at radius 2 is 2.04 bits per heavy atom. The van der Waals surface area contributed by atoms with Crippen LogP contribution in [0.2, 0.25) is 0 Å². The number of piperazine rings is 1. The third-order valence-corrected chi connectivity index (χ3v) is 5.67. The lowest BCUT2D eigenvalue weighted by atomic mass is 10.3. The Labute approximate surface area is 149 Å². The number of amides is 1. The first-order valence-corrected chi connectivity index (χ1v) is 9.89. The van der Waals surface area contributed by atoms with E-state index in [9.17, 15) is 4.79 Å². The summed E-state index contributed by atoms with van der Waals surface area (Å²) in [5.74, 6) is 0.696. The van der Waals surface area contributed by atoms with Crippen LogP contribution in [0.4, 0.5) is 5.95 Å². The third kappa shape index (κ3) is 4.43. The van der Waals surface area contributed by atoms with Crippen molar-refractivity contribution in [2.45, 2.75) is 4.34 Å². The van der Waals surface area contributed by atoms with Crippen LogP contribution in [0.1, 0.15) is 10.5 Å². The van der Waals surface area contributed by atoms with Gasteiger partial charge >= 0.3 is 0 Å². The van der Waals surface area contributed by atoms with Crippen molar-refractivity contribution < 1.29 is 4.79 Å². The Hall–Kier alpha value is -1.71. The minimum atomic E-state index is -0.0946. The first kappa shape index (κ1) is 17.1. The summed E-state index contributed by atoms with van der Waals surface area (Å²) in [5, 5.41) is 4.75. The lowest BCUT2D eigenvalue weighted by molar-refractivity contribution is 0.0943. The van der Waals surface area contributed by atoms with E-state index in [2.05, 4.69) is 30.1 Å². The van der Waals surface area contributed by atoms with Crippen molar-refractivity contribution in [3.63, 3.8) is 0 Å². The zero-order chi connectivity index (χ0) is 16.8. The summed E-state index contributed by atoms with van der Waals surface area (Å²) in [6.07, 6.45) is 5.50. The average molecular weight is 365 g/mol. The molecule has 0 atom stereocenters. The number of rotatable bonds is 6. The van der Waals surface area contributed by atoms with Gasteiger partial charge in [-0.2, -0.15) is 0 Å². The predicted octanol–water partition coefficient (Wildman–Crippen LogP) is 1.21. The van der Waals surface area contributed by atoms with Crippen LogP contribution in [-0.4, -0.2) is 71.3 Å². The Balaban J connectivity index is 1.38. The number of nitrogens with zero attached hydrogens (tertiary/aromatic N) is 5. The van der Waals surface area contributed by atoms with E-state index >= 15 is 0 Å². The highest BCUT2D eigenvalue weighted by molar-refractivity contribution is 8.00. The Morgan fingerprint density at radius 3 is 2.71 bits per heavy atom. The highest BCUT2D eigenvalue weighted by Crippen LogP contribution is 2.19. The zero-order valence-corrected chi connectivity index (χ0v) is 15.1. The zero-order valence-electron chi connectivity index (χ0n) is 13.5. The summed E-state index contributed by atoms with van der Waals surface area (Å²) in [6, 6.07) is 1.83. The van der Waals surface area contributed by atoms with E-state index in [0.717, 1.165) is 43.0 Å². The van der Waals surface area contributed by atoms with Crippen LogP contribution in [0.15, 0.2) is 28.2 Å². The van der Waals surface area contributed by atoms with Crippen molar-refractivity contribution in [1.29, 1.82) is 0 Å². The molecule has 0 saturated carbocycles. The molecule has 128 valence electrons. The maximum atomic E-state index is 12.0. The maximum absolute atomic E-state index is 12.0. The molecule has 2 aromatic heterocycles. The van der Waals surface area contributed by atoms with Gasteiger partial charge in [0.05, 0.1) is 0 Å². The van der Waals surface area contributed by atoms with Gasteiger partial charge in [0, 0.05) is 57.0 Å². The molecule has 9 heteroatoms. The molecule has 0 unspecified atom stereocenters. The van der Waals surface area contributed by atoms with E-state index in [0.29, 0.717) is 12.2 Å². The molecule has 1 fully saturated rings. The molecule has 24 heavy (non-hydrogen) atoms. The summed E-state index contributed by atoms with van der Waals surface area (Å²) in [5.41, 5.74) is 0.510. The van der Waals surface area contributed by atoms with E-state index in [-0.39, 0.29) is 5.91 Å². The number of thioether (sulfide) groups is 1. The lowest BCUT2D eigenvalue weighted by Crippen LogP contribution is -2.49. The van der Waals surface area contributed by atoms with Crippen LogP contribution in [-0.2, 0) is 0 Å². The van der Waals surface area contributed by atoms with Crippen molar-refractivity contribution in [1.82, 2.24) is 25.2 Å². The van der Waals surface area contributed by atoms with Gasteiger partial charge in [-0.25, -0.2) is 15.0 Å². The van der Waals surface area contributed by atoms with Crippen LogP contribution < -0.4 is 10.2 Å². The van der Waals surface area contributed by atoms with Crippen LogP contribution >= 0.6 is 23.1 Å². The smallest absolute Gasteiger partial charge is 0.270 e. The van der Waals surface area contributed by atoms with E-state index in [1.807, 2.05) is 12.3 Å². The van der Waals surface area contributed by atoms with Crippen molar-refractivity contribution in [3.8, 4) is 0 Å². The minimum absolute atomic E-state index is 0.0946. The van der Waals surface area contributed by atoms with Gasteiger partial charge in [0.1, 0.15) is 10.0 Å². The van der Waals surface area contributed by atoms with Gasteiger partial charge in [-0.05, 0) is 12.3 Å². The summed E-state index contributed by atoms with van der Waals surface area (Å²) in [4.78, 5) is 29.4. The second-order valence-corrected chi connectivity index (χ2v) is 7.25. The molecule has 2 aromatic rings. The van der Waals surface area contributed by atoms with Gasteiger partial charge in [0.15, 0.2) is 0 Å². The lowest BCUT2D eigenvalue weighted by Gasteiger charge is -2.34. The fraction of sp³-hybridized carbons (Fsp3) is 0.467. The molecule has 1 saturated heterocycles. The van der Waals surface area contributed by atoms with Crippen LogP contribution in [0.3, 0.4) is 0 Å². The molecule has 0 aliphatic carbocycles. The van der Waals surface area contributed by atoms with Crippen molar-refractivity contribution in [3.05, 3.63) is 29.5 Å². The summed E-state index contributed by atoms with van der Waals surface area (Å²) in [7, 11) is 0. The van der Waals surface area contributed by atoms with Gasteiger partial charge in [0.25, 0.3) is 5.91 Å². The molecule has 3 heterocycles. The number of thiazole rings is 1. The maximum Gasteiger partial charge on any atom is 0.270 e. The van der Waals surface area contributed by atoms with E-state index in [1.54, 1.807) is 29.5 Å². The molecule has 7 nitrogen and oxygen atoms in total. The molecule has 1 N–H and O–H groups in total. The van der Waals surface area contributed by atoms with Gasteiger partial charge in [0.2, 0.25) is 5.95 Å². The first-order valence-electron chi connectivity index (χ1n) is 7.78. The van der Waals surface area contributed by atoms with Crippen LogP contribution in [0.25, 0.3) is 0 Å². The SMILES string of the molecule is CSc1nc(C(=O)NCCN2CCN(c3ncccn3)CC2)cs1. The summed E-state index contributed by atoms with van der Waals surface area (Å²) >= 11 is 3.06. The van der Waals surface area contributed by atoms with Gasteiger partial charge in [-0.3, -0.25) is 9.69 Å². The highest BCUT2D eigenvalue weighted by Gasteiger charge is 2.18. The van der Waals surface area contributed by atoms with Crippen molar-refractivity contribution in [2.24, 2.45) is 0 Å². The molecule has 1 amide bonds. The van der Waals surface area contributed by atoms with E-state index < -0.39 is 0 Å². The van der Waals surface area contributed by atoms with Crippen molar-refractivity contribution in [2.75, 3.05) is 50.4 Å². The van der Waals surface area contributed by atoms with Crippen molar-refractivity contribution >= 4 is 35.0 Å². The number of nitrogens with one attached hydrogen (secondary N) is 1. The molecule has 0 radical (unpaired) electrons. The number of aromatic nitrogens is 3. The Kier molecular flexibility index (Phi) is 6.00. The summed E-state index contributed by atoms with van der Waals surface area (Å²) < 4.78 is 0.916. The monoisotopic (exact) mass is 364 g/mol. The minimum Gasteiger partial charge on any atom is -0.349 e. The molecular formula is C15H20N6OS2. The number of hydrogen-bond acceptors (Lipinski definition) is 8. The molecule has 0 spiro atoms. The Bertz CT molecular complexity index is 657. The number of carbonyl (C=O) groups is 1. The van der Waals surface area contributed by atoms with E-state index in [4.69, 9.17) is 0 Å². The number of anilines is 1. The first-order chi connectivity index (χ1) is 11.8. The standard InChI is InChI=1S/C15H20N6OS2/c1-23-15-19-12(11-24-15)13(22)16-5-6-20-7-9-21(10-8-20)14-17-3-2-4-18-14/h2-4,11H,5-10H2,1H3,(H,16,22). The number of carbonyl (C=O) groups excluding carboxylic acids is 1. The summed E-state index contributed by atoms with van der Waals surface area (Å²) in [6.45, 7) is 5.17. The molecule has 1 aliphatic rings. The topological polar surface area (TPSA) is 74.2 Å². The van der Waals surface area contributed by atoms with Gasteiger partial charge in [-0.15, -0.1) is 11.3 Å². The second-order valence-electron chi connectivity index (χ2n) is 5.34. The van der Waals surface area contributed by atoms with Crippen LogP contribution in [0, 0.1) is 0 Å². The third-order valence-electron chi connectivity index (χ3n) is 3.81. The molecule has 1 aliphatic heterocycles. The highest BCUT2D eigenvalue weighted by atomic mass is 32.2. The molecule has 0 aromatic carbocycles. The number of hydrogen-bond donors (Lipinski definition) is 1. The predicted molar refractivity (Wildman–Crippen MR) is 96.9 cm³/mol. The molecular weight excluding hydrogens is 344 g/mol. The fourth-order valence-electron chi connectivity index (χ4n) is 2.50. The van der Waals surface area contributed by atoms with Crippen LogP contribution in [0.5, 0.6) is 0 Å². The largest absolute Gasteiger partial charge is 0.349 e. The average Bonchev–Trinajstić information content (AvgIpc) is 3.12. The van der Waals surface area contributed by atoms with E-state index in [1.165, 1.54) is 11.3 Å².